The van der Waals surface area contributed by atoms with Crippen LogP contribution in [0.4, 0.5) is 4.39 Å². The fraction of sp³-hybridized carbons (Fsp3) is 0.185. The molecule has 1 amide bonds. The average Bonchev–Trinajstić information content (AvgIpc) is 3.52. The van der Waals surface area contributed by atoms with E-state index in [2.05, 4.69) is 15.0 Å². The minimum atomic E-state index is -0.443. The summed E-state index contributed by atoms with van der Waals surface area (Å²) in [6.07, 6.45) is 7.93. The predicted octanol–water partition coefficient (Wildman–Crippen LogP) is 4.21. The molecule has 0 unspecified atom stereocenters. The van der Waals surface area contributed by atoms with Gasteiger partial charge in [-0.3, -0.25) is 19.2 Å². The number of pyridine rings is 2. The lowest BCUT2D eigenvalue weighted by atomic mass is 10.1. The van der Waals surface area contributed by atoms with E-state index >= 15 is 0 Å². The zero-order valence-corrected chi connectivity index (χ0v) is 19.1. The molecule has 176 valence electrons. The summed E-state index contributed by atoms with van der Waals surface area (Å²) in [4.78, 5) is 29.3. The summed E-state index contributed by atoms with van der Waals surface area (Å²) in [5, 5.41) is 0. The Labute approximate surface area is 202 Å². The second-order valence-electron chi connectivity index (χ2n) is 8.38. The largest absolute Gasteiger partial charge is 0.404 e. The van der Waals surface area contributed by atoms with Gasteiger partial charge in [-0.1, -0.05) is 36.4 Å². The van der Waals surface area contributed by atoms with Gasteiger partial charge in [-0.05, 0) is 42.7 Å². The van der Waals surface area contributed by atoms with Crippen LogP contribution < -0.4 is 5.73 Å². The van der Waals surface area contributed by atoms with Gasteiger partial charge in [0.2, 0.25) is 0 Å². The van der Waals surface area contributed by atoms with E-state index in [1.807, 2.05) is 41.3 Å². The molecule has 4 aromatic rings. The Bertz CT molecular complexity index is 1400. The van der Waals surface area contributed by atoms with Crippen molar-refractivity contribution < 1.29 is 9.18 Å². The summed E-state index contributed by atoms with van der Waals surface area (Å²) < 4.78 is 15.7. The number of hydrogen-bond donors (Lipinski definition) is 1. The van der Waals surface area contributed by atoms with Gasteiger partial charge in [0.05, 0.1) is 18.3 Å². The summed E-state index contributed by atoms with van der Waals surface area (Å²) in [6.45, 7) is 1.04. The first kappa shape index (κ1) is 22.5. The van der Waals surface area contributed by atoms with Crippen molar-refractivity contribution in [3.8, 4) is 11.4 Å². The van der Waals surface area contributed by atoms with Crippen molar-refractivity contribution in [1.82, 2.24) is 19.3 Å². The van der Waals surface area contributed by atoms with Crippen molar-refractivity contribution in [2.45, 2.75) is 18.9 Å². The van der Waals surface area contributed by atoms with E-state index in [0.717, 1.165) is 24.0 Å². The number of rotatable bonds is 6. The highest BCUT2D eigenvalue weighted by atomic mass is 19.1. The van der Waals surface area contributed by atoms with E-state index in [0.29, 0.717) is 35.8 Å². The highest BCUT2D eigenvalue weighted by Gasteiger charge is 2.33. The number of fused-ring (bicyclic) bond motifs is 1. The minimum absolute atomic E-state index is 0.0794. The maximum absolute atomic E-state index is 14.1. The Morgan fingerprint density at radius 3 is 2.74 bits per heavy atom. The number of benzene rings is 1. The van der Waals surface area contributed by atoms with Crippen LogP contribution in [0.15, 0.2) is 84.2 Å². The number of aromatic nitrogens is 3. The topological polar surface area (TPSA) is 88.9 Å². The number of carbonyl (C=O) groups is 1. The molecule has 1 fully saturated rings. The number of hydrogen-bond acceptors (Lipinski definition) is 5. The number of nitrogens with zero attached hydrogens (tertiary/aromatic N) is 5. The van der Waals surface area contributed by atoms with Gasteiger partial charge >= 0.3 is 0 Å². The first-order valence-electron chi connectivity index (χ1n) is 11.5. The number of halogens is 1. The van der Waals surface area contributed by atoms with E-state index in [4.69, 9.17) is 5.73 Å². The quantitative estimate of drug-likeness (QED) is 0.429. The van der Waals surface area contributed by atoms with Crippen LogP contribution in [0, 0.1) is 5.82 Å². The zero-order chi connectivity index (χ0) is 24.2. The predicted molar refractivity (Wildman–Crippen MR) is 134 cm³/mol. The van der Waals surface area contributed by atoms with Crippen molar-refractivity contribution in [3.63, 3.8) is 0 Å². The molecular formula is C27H25FN6O. The molecule has 5 rings (SSSR count). The Morgan fingerprint density at radius 2 is 1.97 bits per heavy atom. The fourth-order valence-corrected chi connectivity index (χ4v) is 4.45. The summed E-state index contributed by atoms with van der Waals surface area (Å²) in [7, 11) is 0. The molecule has 1 aliphatic rings. The van der Waals surface area contributed by atoms with Gasteiger partial charge in [0.15, 0.2) is 0 Å². The molecular weight excluding hydrogens is 443 g/mol. The molecule has 1 aliphatic heterocycles. The average molecular weight is 469 g/mol. The third kappa shape index (κ3) is 4.55. The standard InChI is InChI=1S/C27H25FN6O/c28-21-11-12-24-32-25(23-10-4-5-13-31-23)26(34(24)18-21)27(35)33-14-6-9-22(33)17-30-16-20(15-29)19-7-2-1-3-8-19/h1-5,7-8,10-13,15-16,18,22H,6,9,14,17,29H2/b20-15+,30-16?/t22-/m0/s1. The Kier molecular flexibility index (Phi) is 6.34. The van der Waals surface area contributed by atoms with E-state index in [1.165, 1.54) is 22.9 Å². The zero-order valence-electron chi connectivity index (χ0n) is 19.1. The van der Waals surface area contributed by atoms with E-state index in [9.17, 15) is 9.18 Å². The van der Waals surface area contributed by atoms with Crippen LogP contribution in [-0.2, 0) is 0 Å². The first-order chi connectivity index (χ1) is 17.2. The number of likely N-dealkylation sites (tertiary alicyclic amines) is 1. The number of nitrogens with two attached hydrogens (primary N) is 1. The SMILES string of the molecule is N/C=C(\C=NC[C@@H]1CCCN1C(=O)c1c(-c2ccccn2)nc2ccc(F)cn12)c1ccccc1. The number of allylic oxidation sites excluding steroid dienone is 1. The van der Waals surface area contributed by atoms with E-state index in [-0.39, 0.29) is 11.9 Å². The molecule has 0 saturated carbocycles. The lowest BCUT2D eigenvalue weighted by Gasteiger charge is -2.23. The highest BCUT2D eigenvalue weighted by molar-refractivity contribution is 6.09. The van der Waals surface area contributed by atoms with Crippen molar-refractivity contribution in [2.75, 3.05) is 13.1 Å². The molecule has 8 heteroatoms. The Hall–Kier alpha value is -4.33. The molecule has 1 atom stereocenters. The van der Waals surface area contributed by atoms with Crippen molar-refractivity contribution in [2.24, 2.45) is 10.7 Å². The van der Waals surface area contributed by atoms with Gasteiger partial charge < -0.3 is 10.6 Å². The monoisotopic (exact) mass is 468 g/mol. The van der Waals surface area contributed by atoms with Gasteiger partial charge in [0.1, 0.15) is 22.9 Å². The third-order valence-corrected chi connectivity index (χ3v) is 6.16. The maximum Gasteiger partial charge on any atom is 0.273 e. The van der Waals surface area contributed by atoms with Gasteiger partial charge in [-0.2, -0.15) is 0 Å². The molecule has 35 heavy (non-hydrogen) atoms. The lowest BCUT2D eigenvalue weighted by molar-refractivity contribution is 0.0735. The van der Waals surface area contributed by atoms with Crippen LogP contribution in [0.1, 0.15) is 28.9 Å². The summed E-state index contributed by atoms with van der Waals surface area (Å²) in [5.74, 6) is -0.653. The normalized spacial score (nSPS) is 16.4. The Morgan fingerprint density at radius 1 is 1.14 bits per heavy atom. The van der Waals surface area contributed by atoms with Crippen LogP contribution in [0.2, 0.25) is 0 Å². The molecule has 0 aliphatic carbocycles. The smallest absolute Gasteiger partial charge is 0.273 e. The van der Waals surface area contributed by atoms with Crippen molar-refractivity contribution in [1.29, 1.82) is 0 Å². The summed E-state index contributed by atoms with van der Waals surface area (Å²) in [5.41, 5.74) is 9.40. The molecule has 1 aromatic carbocycles. The highest BCUT2D eigenvalue weighted by Crippen LogP contribution is 2.28. The number of amides is 1. The van der Waals surface area contributed by atoms with Gasteiger partial charge in [-0.15, -0.1) is 0 Å². The fourth-order valence-electron chi connectivity index (χ4n) is 4.45. The molecule has 0 bridgehead atoms. The van der Waals surface area contributed by atoms with Crippen LogP contribution >= 0.6 is 0 Å². The van der Waals surface area contributed by atoms with E-state index in [1.54, 1.807) is 30.6 Å². The number of imidazole rings is 1. The maximum atomic E-state index is 14.1. The molecule has 0 spiro atoms. The summed E-state index contributed by atoms with van der Waals surface area (Å²) >= 11 is 0. The second kappa shape index (κ2) is 9.89. The number of aliphatic imine (C=N–C) groups is 1. The van der Waals surface area contributed by atoms with Gasteiger partial charge in [0.25, 0.3) is 5.91 Å². The molecule has 0 radical (unpaired) electrons. The van der Waals surface area contributed by atoms with Gasteiger partial charge in [0, 0.05) is 36.9 Å². The molecule has 3 aromatic heterocycles. The minimum Gasteiger partial charge on any atom is -0.404 e. The molecule has 7 nitrogen and oxygen atoms in total. The second-order valence-corrected chi connectivity index (χ2v) is 8.38. The molecule has 1 saturated heterocycles. The van der Waals surface area contributed by atoms with Crippen molar-refractivity contribution >= 4 is 23.3 Å². The van der Waals surface area contributed by atoms with Gasteiger partial charge in [-0.25, -0.2) is 9.37 Å². The van der Waals surface area contributed by atoms with Crippen LogP contribution in [0.5, 0.6) is 0 Å². The molecule has 2 N–H and O–H groups in total. The van der Waals surface area contributed by atoms with Crippen molar-refractivity contribution in [3.05, 3.63) is 96.3 Å². The van der Waals surface area contributed by atoms with Crippen LogP contribution in [0.25, 0.3) is 22.6 Å². The van der Waals surface area contributed by atoms with Crippen LogP contribution in [-0.4, -0.2) is 50.5 Å². The number of carbonyl (C=O) groups excluding carboxylic acids is 1. The molecule has 4 heterocycles. The van der Waals surface area contributed by atoms with E-state index < -0.39 is 5.82 Å². The summed E-state index contributed by atoms with van der Waals surface area (Å²) in [6, 6.07) is 18.0. The van der Waals surface area contributed by atoms with Crippen LogP contribution in [0.3, 0.4) is 0 Å². The Balaban J connectivity index is 1.44. The third-order valence-electron chi connectivity index (χ3n) is 6.16. The lowest BCUT2D eigenvalue weighted by Crippen LogP contribution is -2.38. The first-order valence-corrected chi connectivity index (χ1v) is 11.5.